The first kappa shape index (κ1) is 12.2. The van der Waals surface area contributed by atoms with Crippen molar-refractivity contribution < 1.29 is 4.79 Å². The van der Waals surface area contributed by atoms with Gasteiger partial charge in [-0.1, -0.05) is 0 Å². The van der Waals surface area contributed by atoms with E-state index in [9.17, 15) is 4.79 Å². The van der Waals surface area contributed by atoms with Gasteiger partial charge < -0.3 is 10.2 Å². The fourth-order valence-electron chi connectivity index (χ4n) is 3.18. The minimum absolute atomic E-state index is 0.228. The van der Waals surface area contributed by atoms with E-state index in [0.29, 0.717) is 0 Å². The largest absolute Gasteiger partial charge is 0.334 e. The van der Waals surface area contributed by atoms with Gasteiger partial charge in [0.15, 0.2) is 0 Å². The maximum absolute atomic E-state index is 12.7. The van der Waals surface area contributed by atoms with Crippen LogP contribution >= 0.6 is 11.3 Å². The van der Waals surface area contributed by atoms with Crippen LogP contribution in [0, 0.1) is 0 Å². The van der Waals surface area contributed by atoms with E-state index in [1.54, 1.807) is 0 Å². The number of amides is 1. The molecule has 0 aliphatic carbocycles. The number of fused-ring (bicyclic) bond motifs is 1. The van der Waals surface area contributed by atoms with Crippen molar-refractivity contribution in [2.45, 2.75) is 44.7 Å². The number of carbonyl (C=O) groups is 1. The lowest BCUT2D eigenvalue weighted by Crippen LogP contribution is -2.54. The zero-order chi connectivity index (χ0) is 12.8. The van der Waals surface area contributed by atoms with Crippen molar-refractivity contribution in [1.82, 2.24) is 10.2 Å². The first-order chi connectivity index (χ1) is 8.62. The maximum Gasteiger partial charge on any atom is 0.243 e. The monoisotopic (exact) mass is 264 g/mol. The van der Waals surface area contributed by atoms with Crippen LogP contribution in [0.4, 0.5) is 0 Å². The summed E-state index contributed by atoms with van der Waals surface area (Å²) in [4.78, 5) is 16.2. The molecule has 98 valence electrons. The topological polar surface area (TPSA) is 32.3 Å². The molecule has 2 aliphatic heterocycles. The lowest BCUT2D eigenvalue weighted by Gasteiger charge is -2.38. The van der Waals surface area contributed by atoms with Crippen LogP contribution in [0.1, 0.15) is 43.2 Å². The molecule has 2 atom stereocenters. The van der Waals surface area contributed by atoms with Crippen molar-refractivity contribution in [1.29, 1.82) is 0 Å². The molecule has 18 heavy (non-hydrogen) atoms. The van der Waals surface area contributed by atoms with Gasteiger partial charge in [-0.15, -0.1) is 11.3 Å². The van der Waals surface area contributed by atoms with Crippen LogP contribution in [0.15, 0.2) is 11.4 Å². The van der Waals surface area contributed by atoms with Crippen LogP contribution in [0.3, 0.4) is 0 Å². The van der Waals surface area contributed by atoms with E-state index in [1.165, 1.54) is 10.4 Å². The molecule has 0 spiro atoms. The molecule has 0 saturated carbocycles. The summed E-state index contributed by atoms with van der Waals surface area (Å²) in [7, 11) is 0. The lowest BCUT2D eigenvalue weighted by molar-refractivity contribution is -0.139. The normalized spacial score (nSPS) is 31.4. The van der Waals surface area contributed by atoms with E-state index in [0.717, 1.165) is 32.4 Å². The highest BCUT2D eigenvalue weighted by Gasteiger charge is 2.41. The van der Waals surface area contributed by atoms with Gasteiger partial charge in [-0.05, 0) is 56.7 Å². The molecule has 1 aromatic rings. The van der Waals surface area contributed by atoms with Crippen LogP contribution in [-0.4, -0.2) is 29.4 Å². The highest BCUT2D eigenvalue weighted by molar-refractivity contribution is 7.10. The average Bonchev–Trinajstić information content (AvgIpc) is 2.98. The number of rotatable bonds is 1. The molecule has 1 amide bonds. The third-order valence-electron chi connectivity index (χ3n) is 4.38. The molecule has 3 nitrogen and oxygen atoms in total. The van der Waals surface area contributed by atoms with Gasteiger partial charge >= 0.3 is 0 Å². The van der Waals surface area contributed by atoms with Crippen LogP contribution in [0.5, 0.6) is 0 Å². The Morgan fingerprint density at radius 2 is 2.44 bits per heavy atom. The molecule has 2 unspecified atom stereocenters. The Balaban J connectivity index is 1.84. The van der Waals surface area contributed by atoms with Gasteiger partial charge in [0.25, 0.3) is 0 Å². The number of hydrogen-bond donors (Lipinski definition) is 1. The summed E-state index contributed by atoms with van der Waals surface area (Å²) >= 11 is 1.82. The van der Waals surface area contributed by atoms with E-state index in [4.69, 9.17) is 0 Å². The fourth-order valence-corrected chi connectivity index (χ4v) is 4.14. The molecular formula is C14H20N2OS. The Morgan fingerprint density at radius 1 is 1.61 bits per heavy atom. The van der Waals surface area contributed by atoms with Gasteiger partial charge in [-0.25, -0.2) is 0 Å². The highest BCUT2D eigenvalue weighted by Crippen LogP contribution is 2.35. The first-order valence-electron chi connectivity index (χ1n) is 6.74. The number of nitrogens with one attached hydrogen (secondary N) is 1. The van der Waals surface area contributed by atoms with Crippen LogP contribution in [-0.2, 0) is 11.2 Å². The molecule has 1 aromatic heterocycles. The van der Waals surface area contributed by atoms with Gasteiger partial charge in [0.1, 0.15) is 0 Å². The molecule has 4 heteroatoms. The van der Waals surface area contributed by atoms with E-state index < -0.39 is 0 Å². The summed E-state index contributed by atoms with van der Waals surface area (Å²) in [5.41, 5.74) is 1.02. The van der Waals surface area contributed by atoms with Crippen LogP contribution in [0.2, 0.25) is 0 Å². The highest BCUT2D eigenvalue weighted by atomic mass is 32.1. The maximum atomic E-state index is 12.7. The SMILES string of the molecule is CC1c2ccsc2CCN1C(=O)C1(C)CCCN1. The van der Waals surface area contributed by atoms with Crippen molar-refractivity contribution in [3.05, 3.63) is 21.9 Å². The smallest absolute Gasteiger partial charge is 0.243 e. The summed E-state index contributed by atoms with van der Waals surface area (Å²) in [5, 5.41) is 5.52. The molecule has 1 N–H and O–H groups in total. The third-order valence-corrected chi connectivity index (χ3v) is 5.38. The molecule has 0 radical (unpaired) electrons. The van der Waals surface area contributed by atoms with E-state index in [-0.39, 0.29) is 17.5 Å². The van der Waals surface area contributed by atoms with Crippen molar-refractivity contribution >= 4 is 17.2 Å². The molecule has 3 rings (SSSR count). The Kier molecular flexibility index (Phi) is 2.94. The second-order valence-electron chi connectivity index (χ2n) is 5.59. The van der Waals surface area contributed by atoms with E-state index >= 15 is 0 Å². The number of hydrogen-bond acceptors (Lipinski definition) is 3. The van der Waals surface area contributed by atoms with Gasteiger partial charge in [0.2, 0.25) is 5.91 Å². The summed E-state index contributed by atoms with van der Waals surface area (Å²) in [5.74, 6) is 0.282. The molecule has 0 aromatic carbocycles. The standard InChI is InChI=1S/C14H20N2OS/c1-10-11-5-9-18-12(11)4-8-16(10)13(17)14(2)6-3-7-15-14/h5,9-10,15H,3-4,6-8H2,1-2H3. The molecule has 1 saturated heterocycles. The number of carbonyl (C=O) groups excluding carboxylic acids is 1. The van der Waals surface area contributed by atoms with Gasteiger partial charge in [0.05, 0.1) is 11.6 Å². The van der Waals surface area contributed by atoms with Crippen LogP contribution in [0.25, 0.3) is 0 Å². The first-order valence-corrected chi connectivity index (χ1v) is 7.62. The minimum atomic E-state index is -0.332. The molecule has 2 aliphatic rings. The number of thiophene rings is 1. The zero-order valence-corrected chi connectivity index (χ0v) is 11.8. The molecule has 0 bridgehead atoms. The molecule has 3 heterocycles. The molecular weight excluding hydrogens is 244 g/mol. The van der Waals surface area contributed by atoms with E-state index in [1.807, 2.05) is 11.3 Å². The summed E-state index contributed by atoms with van der Waals surface area (Å²) < 4.78 is 0. The summed E-state index contributed by atoms with van der Waals surface area (Å²) in [6.07, 6.45) is 3.08. The minimum Gasteiger partial charge on any atom is -0.334 e. The van der Waals surface area contributed by atoms with E-state index in [2.05, 4.69) is 35.5 Å². The molecule has 1 fully saturated rings. The average molecular weight is 264 g/mol. The van der Waals surface area contributed by atoms with Gasteiger partial charge in [-0.3, -0.25) is 4.79 Å². The van der Waals surface area contributed by atoms with Crippen molar-refractivity contribution in [3.63, 3.8) is 0 Å². The van der Waals surface area contributed by atoms with Crippen LogP contribution < -0.4 is 5.32 Å². The zero-order valence-electron chi connectivity index (χ0n) is 11.0. The number of nitrogens with zero attached hydrogens (tertiary/aromatic N) is 1. The Bertz CT molecular complexity index is 462. The summed E-state index contributed by atoms with van der Waals surface area (Å²) in [6, 6.07) is 2.40. The second kappa shape index (κ2) is 4.35. The van der Waals surface area contributed by atoms with Gasteiger partial charge in [0, 0.05) is 11.4 Å². The Morgan fingerprint density at radius 3 is 3.17 bits per heavy atom. The lowest BCUT2D eigenvalue weighted by atomic mass is 9.94. The third kappa shape index (κ3) is 1.79. The predicted molar refractivity (Wildman–Crippen MR) is 73.8 cm³/mol. The van der Waals surface area contributed by atoms with Crippen molar-refractivity contribution in [3.8, 4) is 0 Å². The Labute approximate surface area is 112 Å². The van der Waals surface area contributed by atoms with Crippen molar-refractivity contribution in [2.24, 2.45) is 0 Å². The Hall–Kier alpha value is -0.870. The predicted octanol–water partition coefficient (Wildman–Crippen LogP) is 2.34. The van der Waals surface area contributed by atoms with Gasteiger partial charge in [-0.2, -0.15) is 0 Å². The fraction of sp³-hybridized carbons (Fsp3) is 0.643. The quantitative estimate of drug-likeness (QED) is 0.844. The summed E-state index contributed by atoms with van der Waals surface area (Å²) in [6.45, 7) is 6.04. The van der Waals surface area contributed by atoms with Crippen molar-refractivity contribution in [2.75, 3.05) is 13.1 Å². The second-order valence-corrected chi connectivity index (χ2v) is 6.59.